The molecular weight excluding hydrogens is 390 g/mol. The smallest absolute Gasteiger partial charge is 0.0913 e. The minimum absolute atomic E-state index is 0.175. The zero-order valence-electron chi connectivity index (χ0n) is 17.6. The molecule has 30 heavy (non-hydrogen) atoms. The number of benzene rings is 2. The molecule has 3 heterocycles. The average molecular weight is 420 g/mol. The number of piperazine rings is 1. The first-order valence-electron chi connectivity index (χ1n) is 11.1. The van der Waals surface area contributed by atoms with Crippen LogP contribution in [0.1, 0.15) is 37.1 Å². The van der Waals surface area contributed by atoms with Crippen LogP contribution in [-0.4, -0.2) is 52.6 Å². The predicted octanol–water partition coefficient (Wildman–Crippen LogP) is 4.48. The van der Waals surface area contributed by atoms with Gasteiger partial charge < -0.3 is 5.32 Å². The Morgan fingerprint density at radius 3 is 2.77 bits per heavy atom. The van der Waals surface area contributed by atoms with E-state index in [1.807, 2.05) is 11.3 Å². The second-order valence-electron chi connectivity index (χ2n) is 8.21. The summed E-state index contributed by atoms with van der Waals surface area (Å²) in [4.78, 5) is 2.55. The first-order valence-corrected chi connectivity index (χ1v) is 11.9. The van der Waals surface area contributed by atoms with Crippen molar-refractivity contribution in [2.45, 2.75) is 32.2 Å². The third-order valence-electron chi connectivity index (χ3n) is 6.09. The molecule has 0 saturated carbocycles. The highest BCUT2D eigenvalue weighted by Gasteiger charge is 2.22. The van der Waals surface area contributed by atoms with Gasteiger partial charge in [0.25, 0.3) is 0 Å². The van der Waals surface area contributed by atoms with Crippen molar-refractivity contribution in [2.24, 2.45) is 0 Å². The number of nitrogens with zero attached hydrogens (tertiary/aromatic N) is 4. The molecule has 5 rings (SSSR count). The molecule has 1 atom stereocenters. The van der Waals surface area contributed by atoms with E-state index in [0.717, 1.165) is 51.3 Å². The summed E-state index contributed by atoms with van der Waals surface area (Å²) < 4.78 is 4.80. The summed E-state index contributed by atoms with van der Waals surface area (Å²) in [5, 5.41) is 15.2. The number of nitrogens with one attached hydrogen (secondary N) is 1. The number of fused-ring (bicyclic) bond motifs is 3. The zero-order chi connectivity index (χ0) is 20.3. The Kier molecular flexibility index (Phi) is 5.79. The van der Waals surface area contributed by atoms with Gasteiger partial charge in [0, 0.05) is 59.1 Å². The number of hydrogen-bond donors (Lipinski definition) is 1. The van der Waals surface area contributed by atoms with E-state index < -0.39 is 0 Å². The number of unbranched alkanes of at least 4 members (excludes halogenated alkanes) is 1. The highest BCUT2D eigenvalue weighted by atomic mass is 32.1. The molecule has 1 aliphatic rings. The summed E-state index contributed by atoms with van der Waals surface area (Å²) in [6, 6.07) is 15.8. The summed E-state index contributed by atoms with van der Waals surface area (Å²) in [6.45, 7) is 7.46. The molecule has 0 radical (unpaired) electrons. The second kappa shape index (κ2) is 8.84. The van der Waals surface area contributed by atoms with Crippen LogP contribution in [0.25, 0.3) is 20.2 Å². The van der Waals surface area contributed by atoms with Crippen molar-refractivity contribution in [1.29, 1.82) is 0 Å². The molecule has 2 aromatic heterocycles. The third kappa shape index (κ3) is 4.00. The van der Waals surface area contributed by atoms with Crippen LogP contribution in [0.3, 0.4) is 0 Å². The van der Waals surface area contributed by atoms with Crippen molar-refractivity contribution in [1.82, 2.24) is 25.2 Å². The number of aryl methyl sites for hydroxylation is 1. The lowest BCUT2D eigenvalue weighted by Crippen LogP contribution is -2.45. The number of hydrogen-bond acceptors (Lipinski definition) is 5. The fourth-order valence-electron chi connectivity index (χ4n) is 4.37. The van der Waals surface area contributed by atoms with Crippen LogP contribution in [0.4, 0.5) is 0 Å². The van der Waals surface area contributed by atoms with Gasteiger partial charge in [-0.05, 0) is 36.6 Å². The molecule has 1 unspecified atom stereocenters. The van der Waals surface area contributed by atoms with E-state index in [0.29, 0.717) is 0 Å². The SMILES string of the molecule is CCCCc1cn(C(CN2CCNCC2)c2ccc3sc4ccccc4c3c2)nn1. The van der Waals surface area contributed by atoms with Crippen LogP contribution >= 0.6 is 11.3 Å². The highest BCUT2D eigenvalue weighted by Crippen LogP contribution is 2.35. The monoisotopic (exact) mass is 419 g/mol. The largest absolute Gasteiger partial charge is 0.314 e. The molecule has 6 heteroatoms. The third-order valence-corrected chi connectivity index (χ3v) is 7.24. The lowest BCUT2D eigenvalue weighted by atomic mass is 10.0. The first-order chi connectivity index (χ1) is 14.8. The normalized spacial score (nSPS) is 16.4. The van der Waals surface area contributed by atoms with E-state index in [9.17, 15) is 0 Å². The van der Waals surface area contributed by atoms with Crippen molar-refractivity contribution in [3.8, 4) is 0 Å². The Labute approximate surface area is 181 Å². The first kappa shape index (κ1) is 19.7. The molecule has 156 valence electrons. The Bertz CT molecular complexity index is 1120. The maximum absolute atomic E-state index is 4.57. The zero-order valence-corrected chi connectivity index (χ0v) is 18.4. The molecule has 0 bridgehead atoms. The van der Waals surface area contributed by atoms with Gasteiger partial charge in [-0.15, -0.1) is 16.4 Å². The van der Waals surface area contributed by atoms with Crippen molar-refractivity contribution < 1.29 is 0 Å². The minimum atomic E-state index is 0.175. The minimum Gasteiger partial charge on any atom is -0.314 e. The van der Waals surface area contributed by atoms with Crippen LogP contribution < -0.4 is 5.32 Å². The van der Waals surface area contributed by atoms with E-state index in [1.54, 1.807) is 0 Å². The Balaban J connectivity index is 1.53. The molecule has 4 aromatic rings. The quantitative estimate of drug-likeness (QED) is 0.480. The summed E-state index contributed by atoms with van der Waals surface area (Å²) in [5.74, 6) is 0. The summed E-state index contributed by atoms with van der Waals surface area (Å²) >= 11 is 1.87. The molecule has 5 nitrogen and oxygen atoms in total. The summed E-state index contributed by atoms with van der Waals surface area (Å²) in [7, 11) is 0. The molecule has 0 spiro atoms. The second-order valence-corrected chi connectivity index (χ2v) is 9.30. The van der Waals surface area contributed by atoms with Crippen molar-refractivity contribution in [3.63, 3.8) is 0 Å². The van der Waals surface area contributed by atoms with Crippen molar-refractivity contribution in [2.75, 3.05) is 32.7 Å². The standard InChI is InChI=1S/C24H29N5S/c1-2-3-6-19-16-29(27-26-19)22(17-28-13-11-25-12-14-28)18-9-10-24-21(15-18)20-7-4-5-8-23(20)30-24/h4-5,7-10,15-16,22,25H,2-3,6,11-14,17H2,1H3. The van der Waals surface area contributed by atoms with Gasteiger partial charge in [0.2, 0.25) is 0 Å². The molecular formula is C24H29N5S. The van der Waals surface area contributed by atoms with E-state index in [1.165, 1.54) is 32.2 Å². The lowest BCUT2D eigenvalue weighted by Gasteiger charge is -2.31. The number of thiophene rings is 1. The topological polar surface area (TPSA) is 46.0 Å². The van der Waals surface area contributed by atoms with Crippen LogP contribution in [0, 0.1) is 0 Å². The maximum Gasteiger partial charge on any atom is 0.0913 e. The van der Waals surface area contributed by atoms with Gasteiger partial charge in [-0.3, -0.25) is 4.90 Å². The molecule has 2 aromatic carbocycles. The number of rotatable bonds is 7. The Hall–Kier alpha value is -2.28. The fourth-order valence-corrected chi connectivity index (χ4v) is 5.46. The molecule has 1 fully saturated rings. The van der Waals surface area contributed by atoms with Crippen LogP contribution in [0.2, 0.25) is 0 Å². The summed E-state index contributed by atoms with van der Waals surface area (Å²) in [5.41, 5.74) is 2.42. The molecule has 1 N–H and O–H groups in total. The van der Waals surface area contributed by atoms with Crippen molar-refractivity contribution >= 4 is 31.5 Å². The predicted molar refractivity (Wildman–Crippen MR) is 125 cm³/mol. The number of aromatic nitrogens is 3. The van der Waals surface area contributed by atoms with Gasteiger partial charge in [-0.1, -0.05) is 42.8 Å². The van der Waals surface area contributed by atoms with Crippen LogP contribution in [0.5, 0.6) is 0 Å². The van der Waals surface area contributed by atoms with Gasteiger partial charge >= 0.3 is 0 Å². The average Bonchev–Trinajstić information content (AvgIpc) is 3.41. The van der Waals surface area contributed by atoms with Crippen LogP contribution in [0.15, 0.2) is 48.7 Å². The highest BCUT2D eigenvalue weighted by molar-refractivity contribution is 7.25. The maximum atomic E-state index is 4.57. The lowest BCUT2D eigenvalue weighted by molar-refractivity contribution is 0.213. The Morgan fingerprint density at radius 1 is 1.07 bits per heavy atom. The molecule has 0 amide bonds. The fraction of sp³-hybridized carbons (Fsp3) is 0.417. The summed E-state index contributed by atoms with van der Waals surface area (Å²) in [6.07, 6.45) is 5.51. The van der Waals surface area contributed by atoms with E-state index >= 15 is 0 Å². The van der Waals surface area contributed by atoms with Crippen LogP contribution in [-0.2, 0) is 6.42 Å². The van der Waals surface area contributed by atoms with Gasteiger partial charge in [-0.25, -0.2) is 4.68 Å². The van der Waals surface area contributed by atoms with Gasteiger partial charge in [-0.2, -0.15) is 0 Å². The van der Waals surface area contributed by atoms with Gasteiger partial charge in [0.05, 0.1) is 11.7 Å². The van der Waals surface area contributed by atoms with E-state index in [4.69, 9.17) is 0 Å². The van der Waals surface area contributed by atoms with Gasteiger partial charge in [0.1, 0.15) is 0 Å². The molecule has 0 aliphatic carbocycles. The van der Waals surface area contributed by atoms with E-state index in [-0.39, 0.29) is 6.04 Å². The van der Waals surface area contributed by atoms with E-state index in [2.05, 4.69) is 80.8 Å². The van der Waals surface area contributed by atoms with Gasteiger partial charge in [0.15, 0.2) is 0 Å². The Morgan fingerprint density at radius 2 is 1.90 bits per heavy atom. The molecule has 1 aliphatic heterocycles. The molecule has 1 saturated heterocycles. The van der Waals surface area contributed by atoms with Crippen molar-refractivity contribution in [3.05, 3.63) is 59.9 Å².